The molecule has 1 saturated heterocycles. The minimum Gasteiger partial charge on any atom is -0.394 e. The Bertz CT molecular complexity index is 779. The molecular weight excluding hydrogens is 640 g/mol. The Balaban J connectivity index is 0.000000561. The third-order valence-corrected chi connectivity index (χ3v) is 10.1. The van der Waals surface area contributed by atoms with Gasteiger partial charge in [-0.3, -0.25) is 10.4 Å². The Hall–Kier alpha value is -1.09. The average Bonchev–Trinajstić information content (AvgIpc) is 3.95. The van der Waals surface area contributed by atoms with E-state index in [0.717, 1.165) is 43.0 Å². The van der Waals surface area contributed by atoms with E-state index in [1.807, 2.05) is 5.43 Å². The molecule has 2 amide bonds. The molecule has 298 valence electrons. The van der Waals surface area contributed by atoms with Crippen molar-refractivity contribution >= 4 is 6.03 Å². The second-order valence-corrected chi connectivity index (χ2v) is 14.7. The third-order valence-electron chi connectivity index (χ3n) is 10.1. The topological polar surface area (TPSA) is 204 Å². The molecule has 0 aromatic heterocycles. The molecule has 1 aliphatic carbocycles. The first-order valence-corrected chi connectivity index (χ1v) is 20.4. The molecule has 12 nitrogen and oxygen atoms in total. The number of nitrogens with zero attached hydrogens (tertiary/aromatic N) is 1. The maximum absolute atomic E-state index is 11.0. The number of ether oxygens (including phenoxy) is 2. The molecule has 2 rings (SSSR count). The van der Waals surface area contributed by atoms with Gasteiger partial charge in [0.2, 0.25) is 0 Å². The highest BCUT2D eigenvalue weighted by Gasteiger charge is 2.44. The van der Waals surface area contributed by atoms with Crippen LogP contribution in [0.15, 0.2) is 0 Å². The molecule has 6 unspecified atom stereocenters. The van der Waals surface area contributed by atoms with Crippen molar-refractivity contribution in [3.63, 3.8) is 0 Å². The Morgan fingerprint density at radius 1 is 0.760 bits per heavy atom. The van der Waals surface area contributed by atoms with Crippen LogP contribution in [-0.2, 0) is 9.47 Å². The molecule has 0 aromatic rings. The number of aliphatic hydroxyl groups excluding tert-OH is 5. The Kier molecular flexibility index (Phi) is 29.5. The number of hydrogen-bond donors (Lipinski definition) is 8. The second kappa shape index (κ2) is 31.4. The van der Waals surface area contributed by atoms with Crippen molar-refractivity contribution in [3.05, 3.63) is 0 Å². The van der Waals surface area contributed by atoms with E-state index >= 15 is 0 Å². The molecule has 6 atom stereocenters. The fourth-order valence-corrected chi connectivity index (χ4v) is 6.43. The molecule has 1 heterocycles. The van der Waals surface area contributed by atoms with E-state index < -0.39 is 49.4 Å². The number of rotatable bonds is 30. The van der Waals surface area contributed by atoms with Crippen LogP contribution in [0.5, 0.6) is 0 Å². The summed E-state index contributed by atoms with van der Waals surface area (Å²) in [5, 5.41) is 49.8. The van der Waals surface area contributed by atoms with E-state index in [4.69, 9.17) is 21.2 Å². The molecule has 0 bridgehead atoms. The summed E-state index contributed by atoms with van der Waals surface area (Å²) in [5.74, 6) is 11.6. The number of unbranched alkanes of at least 4 members (excludes halogenated alkanes) is 19. The van der Waals surface area contributed by atoms with Crippen molar-refractivity contribution in [2.45, 2.75) is 211 Å². The summed E-state index contributed by atoms with van der Waals surface area (Å²) in [6.07, 6.45) is 25.8. The van der Waals surface area contributed by atoms with Gasteiger partial charge in [0.05, 0.1) is 19.3 Å². The highest BCUT2D eigenvalue weighted by molar-refractivity contribution is 5.72. The normalized spacial score (nSPS) is 22.5. The molecule has 2 aliphatic rings. The zero-order valence-corrected chi connectivity index (χ0v) is 31.6. The lowest BCUT2D eigenvalue weighted by Crippen LogP contribution is -2.59. The SMILES string of the molecule is CCCCCCCCCCCCCCCC(O)CCOC1OC(CO)C(O)C(O)C1O.NNC(=O)N(N)CCCCCCCCCCC1CC1. The largest absolute Gasteiger partial charge is 0.394 e. The third kappa shape index (κ3) is 24.2. The van der Waals surface area contributed by atoms with Gasteiger partial charge in [-0.15, -0.1) is 0 Å². The van der Waals surface area contributed by atoms with Gasteiger partial charge in [-0.2, -0.15) is 0 Å². The van der Waals surface area contributed by atoms with Crippen molar-refractivity contribution in [1.29, 1.82) is 0 Å². The van der Waals surface area contributed by atoms with Crippen LogP contribution in [0.1, 0.15) is 174 Å². The van der Waals surface area contributed by atoms with Crippen LogP contribution in [0, 0.1) is 5.92 Å². The Morgan fingerprint density at radius 2 is 1.26 bits per heavy atom. The number of urea groups is 1. The van der Waals surface area contributed by atoms with Crippen molar-refractivity contribution in [2.75, 3.05) is 19.8 Å². The first kappa shape index (κ1) is 46.9. The molecule has 1 aliphatic heterocycles. The van der Waals surface area contributed by atoms with Crippen LogP contribution in [0.4, 0.5) is 4.79 Å². The van der Waals surface area contributed by atoms with E-state index in [1.165, 1.54) is 128 Å². The average molecular weight is 719 g/mol. The fourth-order valence-electron chi connectivity index (χ4n) is 6.43. The van der Waals surface area contributed by atoms with Crippen LogP contribution < -0.4 is 17.1 Å². The van der Waals surface area contributed by atoms with E-state index in [2.05, 4.69) is 6.92 Å². The number of nitrogens with two attached hydrogens (primary N) is 2. The lowest BCUT2D eigenvalue weighted by atomic mass is 9.99. The van der Waals surface area contributed by atoms with Gasteiger partial charge in [-0.1, -0.05) is 155 Å². The van der Waals surface area contributed by atoms with Gasteiger partial charge < -0.3 is 35.0 Å². The van der Waals surface area contributed by atoms with E-state index in [0.29, 0.717) is 13.0 Å². The van der Waals surface area contributed by atoms with Gasteiger partial charge in [0.1, 0.15) is 24.4 Å². The number of carbonyl (C=O) groups is 1. The summed E-state index contributed by atoms with van der Waals surface area (Å²) in [6.45, 7) is 2.52. The smallest absolute Gasteiger partial charge is 0.345 e. The van der Waals surface area contributed by atoms with Gasteiger partial charge in [-0.05, 0) is 25.2 Å². The maximum atomic E-state index is 11.0. The van der Waals surface area contributed by atoms with Gasteiger partial charge >= 0.3 is 6.03 Å². The molecular formula is C38H78N4O8. The summed E-state index contributed by atoms with van der Waals surface area (Å²) in [5.41, 5.74) is 2.02. The number of hydrazine groups is 2. The number of nitrogens with one attached hydrogen (secondary N) is 1. The minimum absolute atomic E-state index is 0.169. The van der Waals surface area contributed by atoms with Gasteiger partial charge in [0.15, 0.2) is 6.29 Å². The summed E-state index contributed by atoms with van der Waals surface area (Å²) < 4.78 is 10.7. The van der Waals surface area contributed by atoms with Crippen LogP contribution in [0.3, 0.4) is 0 Å². The summed E-state index contributed by atoms with van der Waals surface area (Å²) in [4.78, 5) is 11.0. The lowest BCUT2D eigenvalue weighted by Gasteiger charge is -2.39. The summed E-state index contributed by atoms with van der Waals surface area (Å²) in [7, 11) is 0. The number of carbonyl (C=O) groups excluding carboxylic acids is 1. The number of amides is 2. The van der Waals surface area contributed by atoms with Crippen LogP contribution >= 0.6 is 0 Å². The Morgan fingerprint density at radius 3 is 1.76 bits per heavy atom. The van der Waals surface area contributed by atoms with Gasteiger partial charge in [0, 0.05) is 6.54 Å². The van der Waals surface area contributed by atoms with Crippen molar-refractivity contribution in [1.82, 2.24) is 10.4 Å². The quantitative estimate of drug-likeness (QED) is 0.0197. The standard InChI is InChI=1S/C24H48O7.C14H30N4O/c1-2-3-4-5-6-7-8-9-10-11-12-13-14-15-19(26)16-17-30-24-23(29)22(28)21(27)20(18-25)31-24;15-17-14(19)18(16)12-8-6-4-2-1-3-5-7-9-13-10-11-13/h19-29H,2-18H2,1H3;13H,1-12,15-16H2,(H,17,19). The molecule has 10 N–H and O–H groups in total. The van der Waals surface area contributed by atoms with E-state index in [1.54, 1.807) is 0 Å². The molecule has 0 radical (unpaired) electrons. The first-order chi connectivity index (χ1) is 24.2. The molecule has 12 heteroatoms. The number of hydrogen-bond acceptors (Lipinski definition) is 10. The van der Waals surface area contributed by atoms with Crippen LogP contribution in [0.25, 0.3) is 0 Å². The van der Waals surface area contributed by atoms with E-state index in [-0.39, 0.29) is 6.61 Å². The minimum atomic E-state index is -1.44. The lowest BCUT2D eigenvalue weighted by molar-refractivity contribution is -0.301. The maximum Gasteiger partial charge on any atom is 0.345 e. The molecule has 0 aromatic carbocycles. The highest BCUT2D eigenvalue weighted by Crippen LogP contribution is 2.34. The van der Waals surface area contributed by atoms with Crippen molar-refractivity contribution in [2.24, 2.45) is 17.6 Å². The molecule has 2 fully saturated rings. The van der Waals surface area contributed by atoms with Gasteiger partial charge in [0.25, 0.3) is 0 Å². The van der Waals surface area contributed by atoms with Crippen molar-refractivity contribution in [3.8, 4) is 0 Å². The first-order valence-electron chi connectivity index (χ1n) is 20.4. The zero-order chi connectivity index (χ0) is 36.8. The zero-order valence-electron chi connectivity index (χ0n) is 31.6. The Labute approximate surface area is 304 Å². The predicted molar refractivity (Wildman–Crippen MR) is 199 cm³/mol. The highest BCUT2D eigenvalue weighted by atomic mass is 16.7. The second-order valence-electron chi connectivity index (χ2n) is 14.7. The van der Waals surface area contributed by atoms with Gasteiger partial charge in [-0.25, -0.2) is 16.5 Å². The van der Waals surface area contributed by atoms with Crippen LogP contribution in [-0.4, -0.2) is 93.1 Å². The predicted octanol–water partition coefficient (Wildman–Crippen LogP) is 5.70. The van der Waals surface area contributed by atoms with E-state index in [9.17, 15) is 30.3 Å². The van der Waals surface area contributed by atoms with Crippen LogP contribution in [0.2, 0.25) is 0 Å². The monoisotopic (exact) mass is 719 g/mol. The summed E-state index contributed by atoms with van der Waals surface area (Å²) in [6, 6.07) is -0.421. The summed E-state index contributed by atoms with van der Waals surface area (Å²) >= 11 is 0. The molecule has 0 spiro atoms. The fraction of sp³-hybridized carbons (Fsp3) is 0.974. The number of aliphatic hydroxyl groups is 5. The molecule has 1 saturated carbocycles. The van der Waals surface area contributed by atoms with Crippen molar-refractivity contribution < 1.29 is 39.8 Å². The molecule has 50 heavy (non-hydrogen) atoms.